The first-order valence-electron chi connectivity index (χ1n) is 6.56. The van der Waals surface area contributed by atoms with Gasteiger partial charge in [0.25, 0.3) is 5.69 Å². The summed E-state index contributed by atoms with van der Waals surface area (Å²) in [5.41, 5.74) is 1.44. The third-order valence-corrected chi connectivity index (χ3v) is 3.07. The fraction of sp³-hybridized carbons (Fsp3) is 0.385. The molecule has 0 atom stereocenters. The van der Waals surface area contributed by atoms with Gasteiger partial charge in [0, 0.05) is 30.9 Å². The summed E-state index contributed by atoms with van der Waals surface area (Å²) >= 11 is 0. The highest BCUT2D eigenvalue weighted by Crippen LogP contribution is 2.23. The Balaban J connectivity index is 2.23. The Labute approximate surface area is 121 Å². The molecule has 0 bridgehead atoms. The molecule has 112 valence electrons. The number of carbonyl (C=O) groups is 2. The molecule has 8 heteroatoms. The number of carbonyl (C=O) groups excluding carboxylic acids is 2. The molecule has 1 heterocycles. The number of nitro benzene ring substituents is 1. The molecule has 0 aliphatic carbocycles. The van der Waals surface area contributed by atoms with E-state index in [-0.39, 0.29) is 30.6 Å². The third kappa shape index (κ3) is 3.76. The normalized spacial score (nSPS) is 15.7. The number of imide groups is 1. The molecule has 1 aliphatic rings. The van der Waals surface area contributed by atoms with Gasteiger partial charge < -0.3 is 5.32 Å². The highest BCUT2D eigenvalue weighted by molar-refractivity contribution is 5.99. The summed E-state index contributed by atoms with van der Waals surface area (Å²) in [5, 5.41) is 16.2. The van der Waals surface area contributed by atoms with Crippen molar-refractivity contribution in [3.05, 3.63) is 33.9 Å². The third-order valence-electron chi connectivity index (χ3n) is 3.07. The van der Waals surface area contributed by atoms with Crippen LogP contribution in [0.1, 0.15) is 12.5 Å². The van der Waals surface area contributed by atoms with Crippen LogP contribution < -0.4 is 10.6 Å². The van der Waals surface area contributed by atoms with Crippen molar-refractivity contribution in [2.24, 2.45) is 0 Å². The Morgan fingerprint density at radius 2 is 2.00 bits per heavy atom. The highest BCUT2D eigenvalue weighted by Gasteiger charge is 2.23. The second-order valence-electron chi connectivity index (χ2n) is 4.75. The van der Waals surface area contributed by atoms with Crippen molar-refractivity contribution in [2.45, 2.75) is 13.5 Å². The minimum absolute atomic E-state index is 0.0144. The van der Waals surface area contributed by atoms with E-state index in [1.807, 2.05) is 6.92 Å². The molecule has 1 aromatic rings. The summed E-state index contributed by atoms with van der Waals surface area (Å²) in [6, 6.07) is 4.54. The minimum atomic E-state index is -0.465. The van der Waals surface area contributed by atoms with Gasteiger partial charge >= 0.3 is 0 Å². The van der Waals surface area contributed by atoms with Gasteiger partial charge in [-0.15, -0.1) is 0 Å². The van der Waals surface area contributed by atoms with Crippen molar-refractivity contribution in [2.75, 3.05) is 25.0 Å². The zero-order valence-corrected chi connectivity index (χ0v) is 11.6. The van der Waals surface area contributed by atoms with Gasteiger partial charge in [-0.05, 0) is 18.6 Å². The maximum atomic E-state index is 11.4. The lowest BCUT2D eigenvalue weighted by Crippen LogP contribution is -2.50. The van der Waals surface area contributed by atoms with Crippen molar-refractivity contribution in [1.82, 2.24) is 10.2 Å². The van der Waals surface area contributed by atoms with E-state index in [9.17, 15) is 19.7 Å². The monoisotopic (exact) mass is 292 g/mol. The average Bonchev–Trinajstić information content (AvgIpc) is 2.39. The van der Waals surface area contributed by atoms with Gasteiger partial charge in [-0.25, -0.2) is 0 Å². The molecule has 1 saturated heterocycles. The van der Waals surface area contributed by atoms with E-state index in [1.165, 1.54) is 12.1 Å². The van der Waals surface area contributed by atoms with Crippen LogP contribution in [0.15, 0.2) is 18.2 Å². The van der Waals surface area contributed by atoms with Crippen LogP contribution in [-0.4, -0.2) is 41.3 Å². The first kappa shape index (κ1) is 14.9. The van der Waals surface area contributed by atoms with Crippen molar-refractivity contribution >= 4 is 23.2 Å². The molecule has 2 amide bonds. The largest absolute Gasteiger partial charge is 0.385 e. The van der Waals surface area contributed by atoms with Crippen LogP contribution >= 0.6 is 0 Å². The van der Waals surface area contributed by atoms with Gasteiger partial charge in [0.05, 0.1) is 18.0 Å². The Morgan fingerprint density at radius 3 is 2.57 bits per heavy atom. The summed E-state index contributed by atoms with van der Waals surface area (Å²) in [6.45, 7) is 3.08. The molecule has 1 aromatic carbocycles. The number of nitrogens with zero attached hydrogens (tertiary/aromatic N) is 2. The zero-order chi connectivity index (χ0) is 15.4. The molecule has 2 N–H and O–H groups in total. The predicted octanol–water partition coefficient (Wildman–Crippen LogP) is 0.485. The van der Waals surface area contributed by atoms with E-state index in [1.54, 1.807) is 11.0 Å². The Kier molecular flexibility index (Phi) is 4.49. The number of non-ortho nitro benzene ring substituents is 1. The van der Waals surface area contributed by atoms with Crippen molar-refractivity contribution in [3.63, 3.8) is 0 Å². The molecule has 0 spiro atoms. The fourth-order valence-corrected chi connectivity index (χ4v) is 2.24. The van der Waals surface area contributed by atoms with E-state index in [0.717, 1.165) is 5.69 Å². The van der Waals surface area contributed by atoms with Gasteiger partial charge in [-0.3, -0.25) is 29.9 Å². The first-order valence-corrected chi connectivity index (χ1v) is 6.56. The van der Waals surface area contributed by atoms with Crippen LogP contribution in [0, 0.1) is 10.1 Å². The number of hydrogen-bond donors (Lipinski definition) is 2. The average molecular weight is 292 g/mol. The smallest absolute Gasteiger partial charge is 0.269 e. The number of rotatable bonds is 5. The second kappa shape index (κ2) is 6.31. The number of benzene rings is 1. The van der Waals surface area contributed by atoms with Crippen LogP contribution in [-0.2, 0) is 16.1 Å². The van der Waals surface area contributed by atoms with Gasteiger partial charge in [-0.2, -0.15) is 0 Å². The highest BCUT2D eigenvalue weighted by atomic mass is 16.6. The molecule has 2 rings (SSSR count). The number of nitrogens with one attached hydrogen (secondary N) is 2. The molecule has 0 radical (unpaired) electrons. The molecule has 21 heavy (non-hydrogen) atoms. The molecule has 1 aliphatic heterocycles. The maximum Gasteiger partial charge on any atom is 0.269 e. The van der Waals surface area contributed by atoms with Crippen LogP contribution in [0.25, 0.3) is 0 Å². The molecule has 0 saturated carbocycles. The summed E-state index contributed by atoms with van der Waals surface area (Å²) in [4.78, 5) is 34.8. The Bertz CT molecular complexity index is 572. The van der Waals surface area contributed by atoms with Crippen molar-refractivity contribution < 1.29 is 14.5 Å². The topological polar surface area (TPSA) is 105 Å². The van der Waals surface area contributed by atoms with Crippen molar-refractivity contribution in [3.8, 4) is 0 Å². The van der Waals surface area contributed by atoms with E-state index in [2.05, 4.69) is 10.6 Å². The van der Waals surface area contributed by atoms with Crippen molar-refractivity contribution in [1.29, 1.82) is 0 Å². The zero-order valence-electron chi connectivity index (χ0n) is 11.6. The summed E-state index contributed by atoms with van der Waals surface area (Å²) < 4.78 is 0. The molecular weight excluding hydrogens is 276 g/mol. The lowest BCUT2D eigenvalue weighted by Gasteiger charge is -2.26. The van der Waals surface area contributed by atoms with Gasteiger partial charge in [0.1, 0.15) is 0 Å². The Morgan fingerprint density at radius 1 is 1.33 bits per heavy atom. The van der Waals surface area contributed by atoms with Crippen LogP contribution in [0.4, 0.5) is 11.4 Å². The predicted molar refractivity (Wildman–Crippen MR) is 75.7 cm³/mol. The quantitative estimate of drug-likeness (QED) is 0.465. The molecule has 0 aromatic heterocycles. The number of piperazine rings is 1. The van der Waals surface area contributed by atoms with E-state index in [4.69, 9.17) is 0 Å². The summed E-state index contributed by atoms with van der Waals surface area (Å²) in [7, 11) is 0. The van der Waals surface area contributed by atoms with E-state index >= 15 is 0 Å². The van der Waals surface area contributed by atoms with Crippen LogP contribution in [0.5, 0.6) is 0 Å². The number of hydrogen-bond acceptors (Lipinski definition) is 6. The SMILES string of the molecule is CCNc1ccc([N+](=O)[O-])cc1CN1CC(=O)NC(=O)C1. The molecule has 1 fully saturated rings. The van der Waals surface area contributed by atoms with Gasteiger partial charge in [-0.1, -0.05) is 0 Å². The van der Waals surface area contributed by atoms with E-state index < -0.39 is 4.92 Å². The summed E-state index contributed by atoms with van der Waals surface area (Å²) in [6.07, 6.45) is 0. The number of amides is 2. The maximum absolute atomic E-state index is 11.4. The number of nitro groups is 1. The van der Waals surface area contributed by atoms with Gasteiger partial charge in [0.15, 0.2) is 0 Å². The van der Waals surface area contributed by atoms with Crippen LogP contribution in [0.3, 0.4) is 0 Å². The van der Waals surface area contributed by atoms with E-state index in [0.29, 0.717) is 18.7 Å². The standard InChI is InChI=1S/C13H16N4O4/c1-2-14-11-4-3-10(17(20)21)5-9(11)6-16-7-12(18)15-13(19)8-16/h3-5,14H,2,6-8H2,1H3,(H,15,18,19). The van der Waals surface area contributed by atoms with Crippen LogP contribution in [0.2, 0.25) is 0 Å². The fourth-order valence-electron chi connectivity index (χ4n) is 2.24. The lowest BCUT2D eigenvalue weighted by molar-refractivity contribution is -0.384. The molecule has 0 unspecified atom stereocenters. The second-order valence-corrected chi connectivity index (χ2v) is 4.75. The minimum Gasteiger partial charge on any atom is -0.385 e. The molecule has 8 nitrogen and oxygen atoms in total. The van der Waals surface area contributed by atoms with Gasteiger partial charge in [0.2, 0.25) is 11.8 Å². The summed E-state index contributed by atoms with van der Waals surface area (Å²) in [5.74, 6) is -0.719. The molecular formula is C13H16N4O4. The first-order chi connectivity index (χ1) is 9.99. The number of anilines is 1. The lowest BCUT2D eigenvalue weighted by atomic mass is 10.1. The Hall–Kier alpha value is -2.48.